The number of aromatic amines is 2. The van der Waals surface area contributed by atoms with Gasteiger partial charge in [-0.25, -0.2) is 34.7 Å². The summed E-state index contributed by atoms with van der Waals surface area (Å²) >= 11 is 9.75. The summed E-state index contributed by atoms with van der Waals surface area (Å²) < 4.78 is 30.0. The Kier molecular flexibility index (Phi) is 46.0. The predicted octanol–water partition coefficient (Wildman–Crippen LogP) is 12.3. The van der Waals surface area contributed by atoms with Gasteiger partial charge in [0.1, 0.15) is 36.1 Å². The summed E-state index contributed by atoms with van der Waals surface area (Å²) in [7, 11) is 0. The molecule has 0 aliphatic carbocycles. The number of hydrogen-bond donors (Lipinski definition) is 4. The number of piperidine rings is 3. The van der Waals surface area contributed by atoms with E-state index >= 15 is 0 Å². The van der Waals surface area contributed by atoms with Crippen LogP contribution in [0.5, 0.6) is 11.8 Å². The Balaban J connectivity index is 0.000000251. The largest absolute Gasteiger partial charge is 1.00 e. The fourth-order valence-electron chi connectivity index (χ4n) is 12.3. The van der Waals surface area contributed by atoms with Crippen molar-refractivity contribution in [3.05, 3.63) is 205 Å². The van der Waals surface area contributed by atoms with Crippen molar-refractivity contribution in [1.29, 1.82) is 0 Å². The maximum absolute atomic E-state index is 12.5. The number of alkyl halides is 1. The van der Waals surface area contributed by atoms with Crippen LogP contribution in [0.1, 0.15) is 96.8 Å². The van der Waals surface area contributed by atoms with Gasteiger partial charge in [0, 0.05) is 217 Å². The third kappa shape index (κ3) is 36.2. The summed E-state index contributed by atoms with van der Waals surface area (Å²) in [5.41, 5.74) is 5.39. The van der Waals surface area contributed by atoms with E-state index in [-0.39, 0.29) is 92.5 Å². The summed E-state index contributed by atoms with van der Waals surface area (Å²) in [6.07, 6.45) is 10.1. The van der Waals surface area contributed by atoms with Gasteiger partial charge in [0.05, 0.1) is 17.6 Å². The number of carbonyl (C=O) groups excluding carboxylic acids is 4. The standard InChI is InChI=1S/C25H34N4O3.C18H28N4O3.C13H25N3O2.C12H10BrNO.C7H7Br.C4H3BrN2O.CHO3.2Ag/c1-20(2)27-14-16-29(17-15-27)25(30)32-23-10-12-28(13-11-23)22-8-9-24(26-18-22)31-19-21-6-4-3-5-7-21;1-14(2)20-9-11-22(12-10-20)18(24)25-16-5-7-21(8-6-16)15-3-4-17(23)19-13-15;1-11(2)15-7-9-16(10-8-15)13(17)18-12-3-5-14-6-4-12;13-11-6-7-12(14-8-11)15-9-10-4-2-1-3-5-10;8-6-7-4-2-1-3-5-7;5-3-1-2-4(8)7-6-3;2-1-4-3;;/h3-9,18,20,23H,10-17,19H2,1-2H3;3-4,13-14,16H,5-12H2,1-2H3,(H,19,23);11-12,14H,3-10H2,1-2H3;1-8H,9H2;1-5H,6H2;1-2H,(H,7,8);3H;;/q;;;;;;-1;;+1. The topological polar surface area (TPSA) is 286 Å². The first kappa shape index (κ1) is 95.6. The van der Waals surface area contributed by atoms with E-state index in [0.29, 0.717) is 47.7 Å². The van der Waals surface area contributed by atoms with Crippen LogP contribution in [0.3, 0.4) is 0 Å². The van der Waals surface area contributed by atoms with Crippen molar-refractivity contribution in [3.63, 3.8) is 0 Å². The van der Waals surface area contributed by atoms with E-state index in [0.717, 1.165) is 195 Å². The summed E-state index contributed by atoms with van der Waals surface area (Å²) in [4.78, 5) is 98.1. The van der Waals surface area contributed by atoms with Crippen molar-refractivity contribution >= 4 is 83.9 Å². The molecule has 4 N–H and O–H groups in total. The van der Waals surface area contributed by atoms with E-state index < -0.39 is 0 Å². The zero-order valence-electron chi connectivity index (χ0n) is 64.6. The second kappa shape index (κ2) is 53.9. The molecule has 10 heterocycles. The first-order valence-electron chi connectivity index (χ1n) is 37.6. The van der Waals surface area contributed by atoms with Gasteiger partial charge in [0.2, 0.25) is 17.3 Å². The van der Waals surface area contributed by atoms with Crippen molar-refractivity contribution in [3.8, 4) is 11.8 Å². The van der Waals surface area contributed by atoms with Crippen LogP contribution in [0.15, 0.2) is 177 Å². The van der Waals surface area contributed by atoms with Crippen LogP contribution in [-0.4, -0.2) is 239 Å². The number of aromatic nitrogens is 5. The van der Waals surface area contributed by atoms with E-state index in [2.05, 4.69) is 161 Å². The smallest absolute Gasteiger partial charge is 0.509 e. The molecule has 7 aromatic rings. The Labute approximate surface area is 714 Å². The van der Waals surface area contributed by atoms with Crippen molar-refractivity contribution < 1.29 is 97.8 Å². The molecule has 6 aliphatic heterocycles. The van der Waals surface area contributed by atoms with Gasteiger partial charge in [-0.3, -0.25) is 24.3 Å². The maximum Gasteiger partial charge on any atom is 1.00 e. The molecular weight excluding hydrogens is 1820 g/mol. The molecular formula is C80H108Ag2Br3N14O13. The molecule has 6 fully saturated rings. The molecule has 27 nitrogen and oxygen atoms in total. The molecule has 0 bridgehead atoms. The van der Waals surface area contributed by atoms with Crippen LogP contribution in [0.2, 0.25) is 0 Å². The Bertz CT molecular complexity index is 3790. The number of carbonyl (C=O) groups is 3. The molecule has 6 aliphatic rings. The number of rotatable bonds is 16. The maximum atomic E-state index is 12.5. The number of anilines is 2. The molecule has 3 amide bonds. The molecule has 0 spiro atoms. The van der Waals surface area contributed by atoms with Crippen molar-refractivity contribution in [2.45, 2.75) is 135 Å². The molecule has 3 aromatic carbocycles. The minimum Gasteiger partial charge on any atom is -0.509 e. The molecule has 619 valence electrons. The van der Waals surface area contributed by atoms with Crippen molar-refractivity contribution in [1.82, 2.24) is 59.9 Å². The van der Waals surface area contributed by atoms with Gasteiger partial charge in [-0.2, -0.15) is 5.10 Å². The molecule has 0 saturated carbocycles. The first-order valence-corrected chi connectivity index (χ1v) is 40.3. The van der Waals surface area contributed by atoms with Crippen LogP contribution in [0.4, 0.5) is 25.8 Å². The Morgan fingerprint density at radius 3 is 1.19 bits per heavy atom. The second-order valence-corrected chi connectivity index (χ2v) is 29.8. The molecule has 0 unspecified atom stereocenters. The van der Waals surface area contributed by atoms with Crippen LogP contribution in [0.25, 0.3) is 0 Å². The van der Waals surface area contributed by atoms with Gasteiger partial charge in [-0.1, -0.05) is 107 Å². The van der Waals surface area contributed by atoms with E-state index in [9.17, 15) is 24.0 Å². The minimum absolute atomic E-state index is 0. The molecule has 112 heavy (non-hydrogen) atoms. The number of halogens is 3. The number of benzene rings is 3. The normalized spacial score (nSPS) is 16.2. The van der Waals surface area contributed by atoms with Gasteiger partial charge in [0.15, 0.2) is 0 Å². The molecule has 32 heteroatoms. The SMILES string of the molecule is BrCc1ccccc1.Brc1ccc(OCc2ccccc2)nc1.CC(C)N1CCN(C(=O)OC2CCN(c3ccc(=O)[nH]c3)CC2)CC1.CC(C)N1CCN(C(=O)OC2CCN(c3ccc(OCc4ccccc4)nc3)CC2)CC1.CC(C)N1CCN(C(=O)OC2CCNCC2)CC1.O=[C-]OO.O=c1ccc(Br)n[nH]1.[Ag+].[Ag]. The van der Waals surface area contributed by atoms with Crippen molar-refractivity contribution in [2.75, 3.05) is 128 Å². The monoisotopic (exact) mass is 1920 g/mol. The summed E-state index contributed by atoms with van der Waals surface area (Å²) in [5.74, 6) is 1.26. The molecule has 4 aromatic heterocycles. The fourth-order valence-corrected chi connectivity index (χ4v) is 13.2. The average molecular weight is 1930 g/mol. The third-order valence-electron chi connectivity index (χ3n) is 18.9. The quantitative estimate of drug-likeness (QED) is 0.0175. The summed E-state index contributed by atoms with van der Waals surface area (Å²) in [6, 6.07) is 46.1. The summed E-state index contributed by atoms with van der Waals surface area (Å²) in [5, 5.41) is 17.0. The number of nitrogens with zero attached hydrogens (tertiary/aromatic N) is 11. The van der Waals surface area contributed by atoms with Gasteiger partial charge in [-0.05, 0) is 147 Å². The number of pyridine rings is 3. The molecule has 6 saturated heterocycles. The number of piperazine rings is 3. The van der Waals surface area contributed by atoms with Crippen LogP contribution < -0.4 is 35.7 Å². The first-order chi connectivity index (χ1) is 53.2. The average Bonchev–Trinajstić information content (AvgIpc) is 0.847. The van der Waals surface area contributed by atoms with Crippen LogP contribution in [0, 0.1) is 0 Å². The van der Waals surface area contributed by atoms with Gasteiger partial charge >= 0.3 is 40.7 Å². The van der Waals surface area contributed by atoms with E-state index in [1.807, 2.05) is 130 Å². The fraction of sp³-hybridized carbons (Fsp3) is 0.487. The number of H-pyrrole nitrogens is 2. The number of ether oxygens (including phenoxy) is 5. The number of hydrogen-bond acceptors (Lipinski definition) is 22. The predicted molar refractivity (Wildman–Crippen MR) is 436 cm³/mol. The Morgan fingerprint density at radius 1 is 0.491 bits per heavy atom. The van der Waals surface area contributed by atoms with E-state index in [4.69, 9.17) is 33.7 Å². The van der Waals surface area contributed by atoms with E-state index in [1.54, 1.807) is 18.5 Å². The number of amides is 3. The van der Waals surface area contributed by atoms with Crippen LogP contribution >= 0.6 is 47.8 Å². The van der Waals surface area contributed by atoms with Gasteiger partial charge < -0.3 is 68.2 Å². The molecule has 1 radical (unpaired) electrons. The minimum atomic E-state index is -0.187. The zero-order chi connectivity index (χ0) is 78.8. The number of nitrogens with one attached hydrogen (secondary N) is 3. The van der Waals surface area contributed by atoms with Gasteiger partial charge in [0.25, 0.3) is 5.56 Å². The second-order valence-electron chi connectivity index (χ2n) is 27.5. The van der Waals surface area contributed by atoms with Crippen molar-refractivity contribution in [2.24, 2.45) is 0 Å². The van der Waals surface area contributed by atoms with E-state index in [1.165, 1.54) is 17.7 Å². The Morgan fingerprint density at radius 2 is 0.866 bits per heavy atom. The Hall–Kier alpha value is -7.01. The molecule has 13 rings (SSSR count). The van der Waals surface area contributed by atoms with Gasteiger partial charge in [-0.15, -0.1) is 0 Å². The van der Waals surface area contributed by atoms with Crippen LogP contribution in [-0.2, 0) is 87.2 Å². The third-order valence-corrected chi connectivity index (χ3v) is 20.5. The summed E-state index contributed by atoms with van der Waals surface area (Å²) in [6.45, 7) is 30.4. The zero-order valence-corrected chi connectivity index (χ0v) is 72.3. The molecule has 0 atom stereocenters.